The first-order valence-corrected chi connectivity index (χ1v) is 6.78. The predicted octanol–water partition coefficient (Wildman–Crippen LogP) is 4.21. The highest BCUT2D eigenvalue weighted by molar-refractivity contribution is 5.07. The highest BCUT2D eigenvalue weighted by Gasteiger charge is 2.11. The molecule has 0 bridgehead atoms. The molecule has 0 aromatic rings. The van der Waals surface area contributed by atoms with Gasteiger partial charge in [0, 0.05) is 6.04 Å². The third-order valence-electron chi connectivity index (χ3n) is 3.31. The maximum absolute atomic E-state index is 3.99. The summed E-state index contributed by atoms with van der Waals surface area (Å²) in [5.41, 5.74) is 2.99. The molecule has 1 N–H and O–H groups in total. The van der Waals surface area contributed by atoms with E-state index in [-0.39, 0.29) is 0 Å². The lowest BCUT2D eigenvalue weighted by Crippen LogP contribution is -2.29. The molecule has 0 aromatic carbocycles. The van der Waals surface area contributed by atoms with Gasteiger partial charge in [0.2, 0.25) is 0 Å². The van der Waals surface area contributed by atoms with Gasteiger partial charge in [0.15, 0.2) is 0 Å². The zero-order valence-electron chi connectivity index (χ0n) is 11.0. The van der Waals surface area contributed by atoms with Crippen LogP contribution < -0.4 is 5.32 Å². The van der Waals surface area contributed by atoms with Gasteiger partial charge in [0.25, 0.3) is 0 Å². The van der Waals surface area contributed by atoms with E-state index >= 15 is 0 Å². The fourth-order valence-electron chi connectivity index (χ4n) is 2.39. The molecule has 0 saturated heterocycles. The van der Waals surface area contributed by atoms with Crippen molar-refractivity contribution >= 4 is 0 Å². The van der Waals surface area contributed by atoms with Gasteiger partial charge in [-0.3, -0.25) is 0 Å². The van der Waals surface area contributed by atoms with Gasteiger partial charge in [0.1, 0.15) is 0 Å². The molecule has 92 valence electrons. The molecule has 0 spiro atoms. The molecule has 0 amide bonds. The Bertz CT molecular complexity index is 240. The predicted molar refractivity (Wildman–Crippen MR) is 72.7 cm³/mol. The van der Waals surface area contributed by atoms with Gasteiger partial charge < -0.3 is 5.32 Å². The molecule has 1 aliphatic rings. The highest BCUT2D eigenvalue weighted by atomic mass is 14.9. The van der Waals surface area contributed by atoms with Crippen molar-refractivity contribution in [2.75, 3.05) is 6.54 Å². The summed E-state index contributed by atoms with van der Waals surface area (Å²) in [5.74, 6) is 0. The van der Waals surface area contributed by atoms with E-state index in [1.807, 2.05) is 0 Å². The summed E-state index contributed by atoms with van der Waals surface area (Å²) < 4.78 is 0. The minimum Gasteiger partial charge on any atom is -0.314 e. The second-order valence-electron chi connectivity index (χ2n) is 5.06. The highest BCUT2D eigenvalue weighted by Crippen LogP contribution is 2.23. The SMILES string of the molecule is C=C(C)CCC(CC1=CCCCC1)NCC. The quantitative estimate of drug-likeness (QED) is 0.635. The van der Waals surface area contributed by atoms with Crippen LogP contribution in [0.25, 0.3) is 0 Å². The van der Waals surface area contributed by atoms with E-state index in [1.54, 1.807) is 5.57 Å². The van der Waals surface area contributed by atoms with Gasteiger partial charge in [0.05, 0.1) is 0 Å². The van der Waals surface area contributed by atoms with Crippen molar-refractivity contribution in [2.24, 2.45) is 0 Å². The Balaban J connectivity index is 2.36. The van der Waals surface area contributed by atoms with Crippen molar-refractivity contribution in [1.29, 1.82) is 0 Å². The molecule has 1 unspecified atom stereocenters. The van der Waals surface area contributed by atoms with E-state index < -0.39 is 0 Å². The number of hydrogen-bond acceptors (Lipinski definition) is 1. The second-order valence-corrected chi connectivity index (χ2v) is 5.06. The van der Waals surface area contributed by atoms with Crippen LogP contribution in [0.2, 0.25) is 0 Å². The Morgan fingerprint density at radius 1 is 1.50 bits per heavy atom. The van der Waals surface area contributed by atoms with Gasteiger partial charge in [-0.2, -0.15) is 0 Å². The van der Waals surface area contributed by atoms with E-state index in [0.29, 0.717) is 6.04 Å². The molecule has 16 heavy (non-hydrogen) atoms. The van der Waals surface area contributed by atoms with E-state index in [2.05, 4.69) is 31.8 Å². The van der Waals surface area contributed by atoms with Crippen LogP contribution in [-0.2, 0) is 0 Å². The van der Waals surface area contributed by atoms with E-state index in [1.165, 1.54) is 44.1 Å². The van der Waals surface area contributed by atoms with Crippen molar-refractivity contribution in [3.05, 3.63) is 23.8 Å². The standard InChI is InChI=1S/C15H27N/c1-4-16-15(11-10-13(2)3)12-14-8-6-5-7-9-14/h8,15-16H,2,4-7,9-12H2,1,3H3. The molecule has 0 heterocycles. The lowest BCUT2D eigenvalue weighted by atomic mass is 9.92. The van der Waals surface area contributed by atoms with Crippen LogP contribution in [0.3, 0.4) is 0 Å². The molecule has 0 radical (unpaired) electrons. The molecule has 1 heteroatoms. The lowest BCUT2D eigenvalue weighted by molar-refractivity contribution is 0.477. The maximum Gasteiger partial charge on any atom is 0.0107 e. The Hall–Kier alpha value is -0.560. The van der Waals surface area contributed by atoms with Crippen LogP contribution in [0.15, 0.2) is 23.8 Å². The monoisotopic (exact) mass is 221 g/mol. The summed E-state index contributed by atoms with van der Waals surface area (Å²) >= 11 is 0. The van der Waals surface area contributed by atoms with Gasteiger partial charge in [-0.15, -0.1) is 6.58 Å². The maximum atomic E-state index is 3.99. The first kappa shape index (κ1) is 13.5. The molecule has 1 nitrogen and oxygen atoms in total. The third-order valence-corrected chi connectivity index (χ3v) is 3.31. The Kier molecular flexibility index (Phi) is 6.47. The Morgan fingerprint density at radius 2 is 2.31 bits per heavy atom. The van der Waals surface area contributed by atoms with Crippen LogP contribution in [0.5, 0.6) is 0 Å². The van der Waals surface area contributed by atoms with Gasteiger partial charge in [-0.1, -0.05) is 24.1 Å². The van der Waals surface area contributed by atoms with Crippen LogP contribution in [0.4, 0.5) is 0 Å². The van der Waals surface area contributed by atoms with E-state index in [0.717, 1.165) is 13.0 Å². The van der Waals surface area contributed by atoms with Crippen LogP contribution >= 0.6 is 0 Å². The molecule has 1 atom stereocenters. The summed E-state index contributed by atoms with van der Waals surface area (Å²) in [4.78, 5) is 0. The molecule has 0 aromatic heterocycles. The van der Waals surface area contributed by atoms with Gasteiger partial charge in [-0.05, 0) is 58.4 Å². The summed E-state index contributed by atoms with van der Waals surface area (Å²) in [6.07, 6.45) is 11.5. The smallest absolute Gasteiger partial charge is 0.0107 e. The topological polar surface area (TPSA) is 12.0 Å². The molecular weight excluding hydrogens is 194 g/mol. The number of nitrogens with one attached hydrogen (secondary N) is 1. The van der Waals surface area contributed by atoms with Crippen molar-refractivity contribution in [1.82, 2.24) is 5.32 Å². The number of rotatable bonds is 7. The van der Waals surface area contributed by atoms with Gasteiger partial charge in [-0.25, -0.2) is 0 Å². The van der Waals surface area contributed by atoms with Crippen LogP contribution in [0.1, 0.15) is 58.8 Å². The molecule has 1 rings (SSSR count). The summed E-state index contributed by atoms with van der Waals surface area (Å²) in [5, 5.41) is 3.60. The minimum absolute atomic E-state index is 0.658. The average molecular weight is 221 g/mol. The van der Waals surface area contributed by atoms with Gasteiger partial charge >= 0.3 is 0 Å². The lowest BCUT2D eigenvalue weighted by Gasteiger charge is -2.21. The summed E-state index contributed by atoms with van der Waals surface area (Å²) in [6.45, 7) is 9.39. The van der Waals surface area contributed by atoms with Crippen molar-refractivity contribution < 1.29 is 0 Å². The zero-order chi connectivity index (χ0) is 11.8. The van der Waals surface area contributed by atoms with Crippen molar-refractivity contribution in [3.8, 4) is 0 Å². The Labute approximate surface area is 101 Å². The van der Waals surface area contributed by atoms with Crippen LogP contribution in [0, 0.1) is 0 Å². The first-order chi connectivity index (χ1) is 7.72. The number of allylic oxidation sites excluding steroid dienone is 2. The summed E-state index contributed by atoms with van der Waals surface area (Å²) in [7, 11) is 0. The summed E-state index contributed by atoms with van der Waals surface area (Å²) in [6, 6.07) is 0.658. The van der Waals surface area contributed by atoms with Crippen molar-refractivity contribution in [2.45, 2.75) is 64.8 Å². The molecule has 0 saturated carbocycles. The Morgan fingerprint density at radius 3 is 2.88 bits per heavy atom. The molecule has 0 aliphatic heterocycles. The largest absolute Gasteiger partial charge is 0.314 e. The normalized spacial score (nSPS) is 18.0. The zero-order valence-corrected chi connectivity index (χ0v) is 11.0. The van der Waals surface area contributed by atoms with E-state index in [9.17, 15) is 0 Å². The molecular formula is C15H27N. The van der Waals surface area contributed by atoms with Crippen molar-refractivity contribution in [3.63, 3.8) is 0 Å². The second kappa shape index (κ2) is 7.67. The first-order valence-electron chi connectivity index (χ1n) is 6.78. The molecule has 0 fully saturated rings. The average Bonchev–Trinajstić information content (AvgIpc) is 2.27. The van der Waals surface area contributed by atoms with Crippen LogP contribution in [-0.4, -0.2) is 12.6 Å². The van der Waals surface area contributed by atoms with E-state index in [4.69, 9.17) is 0 Å². The number of hydrogen-bond donors (Lipinski definition) is 1. The molecule has 1 aliphatic carbocycles. The third kappa shape index (κ3) is 5.50. The fraction of sp³-hybridized carbons (Fsp3) is 0.733. The minimum atomic E-state index is 0.658. The fourth-order valence-corrected chi connectivity index (χ4v) is 2.39.